The lowest BCUT2D eigenvalue weighted by Crippen LogP contribution is -1.89. The van der Waals surface area contributed by atoms with Gasteiger partial charge in [-0.05, 0) is 12.5 Å². The van der Waals surface area contributed by atoms with Gasteiger partial charge in [-0.15, -0.1) is 0 Å². The zero-order valence-electron chi connectivity index (χ0n) is 6.98. The largest absolute Gasteiger partial charge is 0.478 e. The first-order valence-electron chi connectivity index (χ1n) is 3.50. The second-order valence-electron chi connectivity index (χ2n) is 2.57. The highest BCUT2D eigenvalue weighted by Crippen LogP contribution is 2.10. The number of rotatable bonds is 2. The van der Waals surface area contributed by atoms with E-state index in [0.717, 1.165) is 11.6 Å². The lowest BCUT2D eigenvalue weighted by Gasteiger charge is -1.91. The molecule has 0 unspecified atom stereocenters. The number of aryl methyl sites for hydroxylation is 1. The van der Waals surface area contributed by atoms with Crippen LogP contribution in [0.15, 0.2) is 18.5 Å². The van der Waals surface area contributed by atoms with Gasteiger partial charge in [-0.1, -0.05) is 0 Å². The first-order valence-corrected chi connectivity index (χ1v) is 3.50. The normalized spacial score (nSPS) is 11.7. The van der Waals surface area contributed by atoms with Gasteiger partial charge >= 0.3 is 5.97 Å². The molecule has 0 spiro atoms. The maximum Gasteiger partial charge on any atom is 0.328 e. The van der Waals surface area contributed by atoms with Gasteiger partial charge < -0.3 is 5.11 Å². The molecule has 0 saturated heterocycles. The van der Waals surface area contributed by atoms with Crippen LogP contribution in [0.5, 0.6) is 0 Å². The number of aliphatic carboxylic acids is 1. The van der Waals surface area contributed by atoms with Crippen molar-refractivity contribution in [3.05, 3.63) is 24.0 Å². The van der Waals surface area contributed by atoms with Crippen molar-refractivity contribution in [3.8, 4) is 0 Å². The Kier molecular flexibility index (Phi) is 2.28. The SMILES string of the molecule is C/C(=C/C(=O)O)c1cnn(C)c1. The fourth-order valence-electron chi connectivity index (χ4n) is 0.893. The molecule has 0 amide bonds. The summed E-state index contributed by atoms with van der Waals surface area (Å²) in [6, 6.07) is 0. The number of allylic oxidation sites excluding steroid dienone is 1. The van der Waals surface area contributed by atoms with Crippen molar-refractivity contribution in [1.82, 2.24) is 9.78 Å². The van der Waals surface area contributed by atoms with Crippen molar-refractivity contribution < 1.29 is 9.90 Å². The van der Waals surface area contributed by atoms with Gasteiger partial charge in [0.2, 0.25) is 0 Å². The van der Waals surface area contributed by atoms with Crippen LogP contribution in [0.1, 0.15) is 12.5 Å². The van der Waals surface area contributed by atoms with E-state index < -0.39 is 5.97 Å². The number of carboxylic acids is 1. The number of hydrogen-bond donors (Lipinski definition) is 1. The molecule has 4 nitrogen and oxygen atoms in total. The van der Waals surface area contributed by atoms with Gasteiger partial charge in [-0.2, -0.15) is 5.10 Å². The number of carboxylic acid groups (broad SMARTS) is 1. The summed E-state index contributed by atoms with van der Waals surface area (Å²) in [5.41, 5.74) is 1.54. The number of aromatic nitrogens is 2. The fourth-order valence-corrected chi connectivity index (χ4v) is 0.893. The summed E-state index contributed by atoms with van der Waals surface area (Å²) < 4.78 is 1.63. The molecule has 12 heavy (non-hydrogen) atoms. The highest BCUT2D eigenvalue weighted by Gasteiger charge is 1.99. The summed E-state index contributed by atoms with van der Waals surface area (Å²) >= 11 is 0. The highest BCUT2D eigenvalue weighted by atomic mass is 16.4. The topological polar surface area (TPSA) is 55.1 Å². The van der Waals surface area contributed by atoms with Crippen molar-refractivity contribution in [2.24, 2.45) is 7.05 Å². The Balaban J connectivity index is 2.91. The predicted octanol–water partition coefficient (Wildman–Crippen LogP) is 0.908. The molecule has 1 aromatic heterocycles. The Labute approximate surface area is 70.1 Å². The third kappa shape index (κ3) is 1.95. The molecule has 0 radical (unpaired) electrons. The Morgan fingerprint density at radius 2 is 2.42 bits per heavy atom. The quantitative estimate of drug-likeness (QED) is 0.664. The first kappa shape index (κ1) is 8.52. The summed E-state index contributed by atoms with van der Waals surface area (Å²) in [7, 11) is 1.79. The van der Waals surface area contributed by atoms with Gasteiger partial charge in [0.05, 0.1) is 6.20 Å². The van der Waals surface area contributed by atoms with Crippen LogP contribution in [0.25, 0.3) is 5.57 Å². The van der Waals surface area contributed by atoms with Crippen LogP contribution in [0.3, 0.4) is 0 Å². The van der Waals surface area contributed by atoms with E-state index in [1.54, 1.807) is 31.0 Å². The molecule has 0 aliphatic carbocycles. The second-order valence-corrected chi connectivity index (χ2v) is 2.57. The molecule has 0 aliphatic heterocycles. The monoisotopic (exact) mass is 166 g/mol. The molecule has 1 heterocycles. The predicted molar refractivity (Wildman–Crippen MR) is 44.5 cm³/mol. The Hall–Kier alpha value is -1.58. The van der Waals surface area contributed by atoms with Crippen LogP contribution in [0, 0.1) is 0 Å². The summed E-state index contributed by atoms with van der Waals surface area (Å²) in [5.74, 6) is -0.934. The number of hydrogen-bond acceptors (Lipinski definition) is 2. The number of nitrogens with zero attached hydrogens (tertiary/aromatic N) is 2. The van der Waals surface area contributed by atoms with E-state index in [-0.39, 0.29) is 0 Å². The van der Waals surface area contributed by atoms with E-state index in [2.05, 4.69) is 5.10 Å². The number of carbonyl (C=O) groups is 1. The lowest BCUT2D eigenvalue weighted by molar-refractivity contribution is -0.131. The van der Waals surface area contributed by atoms with Gasteiger partial charge in [0.25, 0.3) is 0 Å². The van der Waals surface area contributed by atoms with E-state index in [1.807, 2.05) is 0 Å². The molecular formula is C8H10N2O2. The van der Waals surface area contributed by atoms with Crippen LogP contribution >= 0.6 is 0 Å². The maximum atomic E-state index is 10.3. The minimum Gasteiger partial charge on any atom is -0.478 e. The Morgan fingerprint density at radius 3 is 2.83 bits per heavy atom. The van der Waals surface area contributed by atoms with Crippen molar-refractivity contribution in [3.63, 3.8) is 0 Å². The molecule has 0 saturated carbocycles. The maximum absolute atomic E-state index is 10.3. The third-order valence-electron chi connectivity index (χ3n) is 1.50. The van der Waals surface area contributed by atoms with Crippen molar-refractivity contribution >= 4 is 11.5 Å². The molecule has 0 atom stereocenters. The first-order chi connectivity index (χ1) is 5.59. The average Bonchev–Trinajstić information content (AvgIpc) is 2.34. The van der Waals surface area contributed by atoms with Gasteiger partial charge in [-0.3, -0.25) is 4.68 Å². The van der Waals surface area contributed by atoms with Crippen LogP contribution in [0.4, 0.5) is 0 Å². The van der Waals surface area contributed by atoms with Crippen molar-refractivity contribution in [2.75, 3.05) is 0 Å². The van der Waals surface area contributed by atoms with Gasteiger partial charge in [-0.25, -0.2) is 4.79 Å². The van der Waals surface area contributed by atoms with Crippen LogP contribution in [0.2, 0.25) is 0 Å². The van der Waals surface area contributed by atoms with E-state index in [0.29, 0.717) is 5.57 Å². The molecule has 1 rings (SSSR count). The molecule has 0 aliphatic rings. The summed E-state index contributed by atoms with van der Waals surface area (Å²) in [5, 5.41) is 12.4. The van der Waals surface area contributed by atoms with Crippen LogP contribution in [-0.2, 0) is 11.8 Å². The van der Waals surface area contributed by atoms with E-state index in [1.165, 1.54) is 0 Å². The summed E-state index contributed by atoms with van der Waals surface area (Å²) in [4.78, 5) is 10.3. The molecule has 1 aromatic rings. The molecule has 0 aromatic carbocycles. The minimum absolute atomic E-state index is 0.704. The lowest BCUT2D eigenvalue weighted by atomic mass is 10.1. The molecule has 64 valence electrons. The molecule has 0 fully saturated rings. The smallest absolute Gasteiger partial charge is 0.328 e. The van der Waals surface area contributed by atoms with Crippen molar-refractivity contribution in [1.29, 1.82) is 0 Å². The highest BCUT2D eigenvalue weighted by molar-refractivity contribution is 5.89. The van der Waals surface area contributed by atoms with Gasteiger partial charge in [0, 0.05) is 24.9 Å². The third-order valence-corrected chi connectivity index (χ3v) is 1.50. The van der Waals surface area contributed by atoms with Gasteiger partial charge in [0.15, 0.2) is 0 Å². The minimum atomic E-state index is -0.934. The van der Waals surface area contributed by atoms with Crippen LogP contribution < -0.4 is 0 Å². The standard InChI is InChI=1S/C8H10N2O2/c1-6(3-8(11)12)7-4-9-10(2)5-7/h3-5H,1-2H3,(H,11,12)/b6-3-. The molecule has 1 N–H and O–H groups in total. The fraction of sp³-hybridized carbons (Fsp3) is 0.250. The average molecular weight is 166 g/mol. The van der Waals surface area contributed by atoms with E-state index >= 15 is 0 Å². The van der Waals surface area contributed by atoms with Crippen LogP contribution in [-0.4, -0.2) is 20.9 Å². The second kappa shape index (κ2) is 3.21. The van der Waals surface area contributed by atoms with Gasteiger partial charge in [0.1, 0.15) is 0 Å². The zero-order valence-corrected chi connectivity index (χ0v) is 6.98. The Morgan fingerprint density at radius 1 is 1.75 bits per heavy atom. The van der Waals surface area contributed by atoms with E-state index in [4.69, 9.17) is 5.11 Å². The Bertz CT molecular complexity index is 326. The zero-order chi connectivity index (χ0) is 9.14. The van der Waals surface area contributed by atoms with Crippen molar-refractivity contribution in [2.45, 2.75) is 6.92 Å². The molecule has 0 bridgehead atoms. The van der Waals surface area contributed by atoms with E-state index in [9.17, 15) is 4.79 Å². The summed E-state index contributed by atoms with van der Waals surface area (Å²) in [6.07, 6.45) is 4.57. The molecular weight excluding hydrogens is 156 g/mol. The summed E-state index contributed by atoms with van der Waals surface area (Å²) in [6.45, 7) is 1.74. The molecule has 4 heteroatoms.